The van der Waals surface area contributed by atoms with Gasteiger partial charge in [0.1, 0.15) is 17.2 Å². The molecule has 0 unspecified atom stereocenters. The second-order valence-corrected chi connectivity index (χ2v) is 5.25. The smallest absolute Gasteiger partial charge is 0.223 e. The summed E-state index contributed by atoms with van der Waals surface area (Å²) in [5.74, 6) is 2.09. The molecule has 0 spiro atoms. The van der Waals surface area contributed by atoms with Crippen molar-refractivity contribution < 1.29 is 19.0 Å². The SMILES string of the molecule is COc1cc(OC)cc(OCCCN(C)C(=O)C[C@H](C)N)c1. The summed E-state index contributed by atoms with van der Waals surface area (Å²) in [4.78, 5) is 13.4. The average molecular weight is 310 g/mol. The second-order valence-electron chi connectivity index (χ2n) is 5.25. The van der Waals surface area contributed by atoms with Crippen molar-refractivity contribution >= 4 is 5.91 Å². The number of amides is 1. The molecule has 124 valence electrons. The Morgan fingerprint density at radius 3 is 2.23 bits per heavy atom. The van der Waals surface area contributed by atoms with Gasteiger partial charge in [0.2, 0.25) is 5.91 Å². The molecule has 0 aromatic heterocycles. The lowest BCUT2D eigenvalue weighted by Gasteiger charge is -2.18. The molecule has 0 aliphatic rings. The van der Waals surface area contributed by atoms with E-state index in [0.29, 0.717) is 36.8 Å². The fourth-order valence-corrected chi connectivity index (χ4v) is 1.91. The van der Waals surface area contributed by atoms with Crippen LogP contribution in [-0.2, 0) is 4.79 Å². The highest BCUT2D eigenvalue weighted by molar-refractivity contribution is 5.76. The number of rotatable bonds is 9. The van der Waals surface area contributed by atoms with Crippen LogP contribution in [0.5, 0.6) is 17.2 Å². The summed E-state index contributed by atoms with van der Waals surface area (Å²) in [7, 11) is 4.97. The van der Waals surface area contributed by atoms with Crippen LogP contribution >= 0.6 is 0 Å². The summed E-state index contributed by atoms with van der Waals surface area (Å²) in [6, 6.07) is 5.27. The third-order valence-corrected chi connectivity index (χ3v) is 3.15. The Bertz CT molecular complexity index is 455. The van der Waals surface area contributed by atoms with Gasteiger partial charge < -0.3 is 24.8 Å². The Hall–Kier alpha value is -1.95. The van der Waals surface area contributed by atoms with E-state index in [2.05, 4.69) is 0 Å². The van der Waals surface area contributed by atoms with Crippen LogP contribution in [-0.4, -0.2) is 51.3 Å². The first-order valence-corrected chi connectivity index (χ1v) is 7.31. The van der Waals surface area contributed by atoms with E-state index in [1.807, 2.05) is 6.92 Å². The average Bonchev–Trinajstić information content (AvgIpc) is 2.50. The van der Waals surface area contributed by atoms with Crippen molar-refractivity contribution in [2.45, 2.75) is 25.8 Å². The van der Waals surface area contributed by atoms with Gasteiger partial charge in [0.15, 0.2) is 0 Å². The highest BCUT2D eigenvalue weighted by atomic mass is 16.5. The third-order valence-electron chi connectivity index (χ3n) is 3.15. The fourth-order valence-electron chi connectivity index (χ4n) is 1.91. The predicted octanol–water partition coefficient (Wildman–Crippen LogP) is 1.67. The maximum absolute atomic E-state index is 11.8. The highest BCUT2D eigenvalue weighted by Gasteiger charge is 2.10. The molecular weight excluding hydrogens is 284 g/mol. The number of ether oxygens (including phenoxy) is 3. The van der Waals surface area contributed by atoms with Gasteiger partial charge in [-0.3, -0.25) is 4.79 Å². The normalized spacial score (nSPS) is 11.7. The Balaban J connectivity index is 2.39. The number of hydrogen-bond acceptors (Lipinski definition) is 5. The first-order valence-electron chi connectivity index (χ1n) is 7.31. The van der Waals surface area contributed by atoms with Crippen LogP contribution in [0.2, 0.25) is 0 Å². The van der Waals surface area contributed by atoms with Gasteiger partial charge in [0.25, 0.3) is 0 Å². The molecule has 6 nitrogen and oxygen atoms in total. The molecular formula is C16H26N2O4. The molecule has 1 aromatic carbocycles. The minimum absolute atomic E-state index is 0.0537. The van der Waals surface area contributed by atoms with E-state index < -0.39 is 0 Å². The highest BCUT2D eigenvalue weighted by Crippen LogP contribution is 2.27. The van der Waals surface area contributed by atoms with Crippen LogP contribution in [0, 0.1) is 0 Å². The lowest BCUT2D eigenvalue weighted by atomic mass is 10.2. The summed E-state index contributed by atoms with van der Waals surface area (Å²) in [5, 5.41) is 0. The maximum atomic E-state index is 11.8. The molecule has 22 heavy (non-hydrogen) atoms. The zero-order valence-electron chi connectivity index (χ0n) is 13.8. The summed E-state index contributed by atoms with van der Waals surface area (Å²) in [6.07, 6.45) is 1.10. The van der Waals surface area contributed by atoms with Crippen molar-refractivity contribution in [3.8, 4) is 17.2 Å². The molecule has 1 atom stereocenters. The van der Waals surface area contributed by atoms with Crippen LogP contribution in [0.15, 0.2) is 18.2 Å². The van der Waals surface area contributed by atoms with E-state index in [1.54, 1.807) is 44.4 Å². The van der Waals surface area contributed by atoms with E-state index >= 15 is 0 Å². The summed E-state index contributed by atoms with van der Waals surface area (Å²) < 4.78 is 16.1. The van der Waals surface area contributed by atoms with Gasteiger partial charge in [-0.15, -0.1) is 0 Å². The largest absolute Gasteiger partial charge is 0.496 e. The Labute approximate surface area is 132 Å². The minimum atomic E-state index is -0.115. The van der Waals surface area contributed by atoms with Gasteiger partial charge in [0, 0.05) is 44.3 Å². The molecule has 0 heterocycles. The van der Waals surface area contributed by atoms with E-state index in [-0.39, 0.29) is 11.9 Å². The Kier molecular flexibility index (Phi) is 7.52. The number of hydrogen-bond donors (Lipinski definition) is 1. The molecule has 1 rings (SSSR count). The first kappa shape index (κ1) is 18.1. The van der Waals surface area contributed by atoms with E-state index in [0.717, 1.165) is 6.42 Å². The third kappa shape index (κ3) is 6.22. The van der Waals surface area contributed by atoms with Gasteiger partial charge in [-0.2, -0.15) is 0 Å². The molecule has 0 aliphatic carbocycles. The number of benzene rings is 1. The molecule has 1 amide bonds. The minimum Gasteiger partial charge on any atom is -0.496 e. The molecule has 0 saturated heterocycles. The van der Waals surface area contributed by atoms with Crippen LogP contribution < -0.4 is 19.9 Å². The molecule has 0 saturated carbocycles. The molecule has 1 aromatic rings. The molecule has 0 aliphatic heterocycles. The van der Waals surface area contributed by atoms with Crippen LogP contribution in [0.1, 0.15) is 19.8 Å². The van der Waals surface area contributed by atoms with E-state index in [4.69, 9.17) is 19.9 Å². The second kappa shape index (κ2) is 9.15. The maximum Gasteiger partial charge on any atom is 0.223 e. The van der Waals surface area contributed by atoms with Gasteiger partial charge in [-0.1, -0.05) is 0 Å². The summed E-state index contributed by atoms with van der Waals surface area (Å²) in [6.45, 7) is 2.96. The lowest BCUT2D eigenvalue weighted by molar-refractivity contribution is -0.130. The fraction of sp³-hybridized carbons (Fsp3) is 0.562. The predicted molar refractivity (Wildman–Crippen MR) is 85.6 cm³/mol. The van der Waals surface area contributed by atoms with Crippen molar-refractivity contribution in [3.63, 3.8) is 0 Å². The van der Waals surface area contributed by atoms with Crippen molar-refractivity contribution in [1.82, 2.24) is 4.90 Å². The number of methoxy groups -OCH3 is 2. The number of carbonyl (C=O) groups excluding carboxylic acids is 1. The van der Waals surface area contributed by atoms with Crippen LogP contribution in [0.4, 0.5) is 0 Å². The summed E-state index contributed by atoms with van der Waals surface area (Å²) >= 11 is 0. The number of nitrogens with two attached hydrogens (primary N) is 1. The Morgan fingerprint density at radius 1 is 1.18 bits per heavy atom. The standard InChI is InChI=1S/C16H26N2O4/c1-12(17)8-16(19)18(2)6-5-7-22-15-10-13(20-3)9-14(11-15)21-4/h9-12H,5-8,17H2,1-4H3/t12-/m0/s1. The van der Waals surface area contributed by atoms with Gasteiger partial charge in [-0.25, -0.2) is 0 Å². The zero-order valence-corrected chi connectivity index (χ0v) is 13.8. The van der Waals surface area contributed by atoms with Crippen molar-refractivity contribution in [2.24, 2.45) is 5.73 Å². The topological polar surface area (TPSA) is 74.0 Å². The van der Waals surface area contributed by atoms with Crippen molar-refractivity contribution in [3.05, 3.63) is 18.2 Å². The zero-order chi connectivity index (χ0) is 16.5. The number of carbonyl (C=O) groups is 1. The van der Waals surface area contributed by atoms with E-state index in [9.17, 15) is 4.79 Å². The van der Waals surface area contributed by atoms with Gasteiger partial charge in [0.05, 0.1) is 20.8 Å². The molecule has 0 bridgehead atoms. The molecule has 0 radical (unpaired) electrons. The lowest BCUT2D eigenvalue weighted by Crippen LogP contribution is -2.33. The van der Waals surface area contributed by atoms with Crippen molar-refractivity contribution in [1.29, 1.82) is 0 Å². The van der Waals surface area contributed by atoms with E-state index in [1.165, 1.54) is 0 Å². The van der Waals surface area contributed by atoms with Gasteiger partial charge >= 0.3 is 0 Å². The number of nitrogens with zero attached hydrogens (tertiary/aromatic N) is 1. The quantitative estimate of drug-likeness (QED) is 0.702. The monoisotopic (exact) mass is 310 g/mol. The van der Waals surface area contributed by atoms with Crippen molar-refractivity contribution in [2.75, 3.05) is 34.4 Å². The van der Waals surface area contributed by atoms with Gasteiger partial charge in [-0.05, 0) is 13.3 Å². The first-order chi connectivity index (χ1) is 10.5. The van der Waals surface area contributed by atoms with Crippen LogP contribution in [0.25, 0.3) is 0 Å². The summed E-state index contributed by atoms with van der Waals surface area (Å²) in [5.41, 5.74) is 5.62. The molecule has 6 heteroatoms. The Morgan fingerprint density at radius 2 is 1.73 bits per heavy atom. The molecule has 0 fully saturated rings. The van der Waals surface area contributed by atoms with Crippen LogP contribution in [0.3, 0.4) is 0 Å². The molecule has 2 N–H and O–H groups in total.